The number of amides is 1. The largest absolute Gasteiger partial charge is 0.352 e. The van der Waals surface area contributed by atoms with E-state index in [9.17, 15) is 13.2 Å². The number of rotatable bonds is 5. The van der Waals surface area contributed by atoms with Gasteiger partial charge in [0.2, 0.25) is 5.91 Å². The molecule has 1 aromatic rings. The average Bonchev–Trinajstić information content (AvgIpc) is 2.47. The lowest BCUT2D eigenvalue weighted by molar-refractivity contribution is -0.119. The summed E-state index contributed by atoms with van der Waals surface area (Å²) in [6, 6.07) is 6.81. The number of hydrogen-bond donors (Lipinski definition) is 1. The van der Waals surface area contributed by atoms with Gasteiger partial charge in [0.1, 0.15) is 5.75 Å². The molecule has 2 rings (SSSR count). The number of hydrogen-bond acceptors (Lipinski definition) is 3. The van der Waals surface area contributed by atoms with Crippen LogP contribution in [0.3, 0.4) is 0 Å². The Hall–Kier alpha value is -1.07. The van der Waals surface area contributed by atoms with Crippen LogP contribution in [0, 0.1) is 0 Å². The van der Waals surface area contributed by atoms with Gasteiger partial charge in [-0.25, -0.2) is 8.42 Å². The summed E-state index contributed by atoms with van der Waals surface area (Å²) in [6.07, 6.45) is 5.27. The van der Waals surface area contributed by atoms with Crippen molar-refractivity contribution in [2.75, 3.05) is 5.75 Å². The van der Waals surface area contributed by atoms with E-state index in [4.69, 9.17) is 11.6 Å². The van der Waals surface area contributed by atoms with E-state index in [-0.39, 0.29) is 6.04 Å². The van der Waals surface area contributed by atoms with Crippen molar-refractivity contribution in [2.45, 2.75) is 50.3 Å². The summed E-state index contributed by atoms with van der Waals surface area (Å²) >= 11 is 5.81. The van der Waals surface area contributed by atoms with Gasteiger partial charge >= 0.3 is 0 Å². The van der Waals surface area contributed by atoms with E-state index in [1.807, 2.05) is 0 Å². The second kappa shape index (κ2) is 7.47. The van der Waals surface area contributed by atoms with Crippen molar-refractivity contribution < 1.29 is 13.2 Å². The molecular weight excluding hydrogens is 322 g/mol. The molecular formula is C16H22ClNO3S. The Morgan fingerprint density at radius 3 is 2.41 bits per heavy atom. The average molecular weight is 344 g/mol. The summed E-state index contributed by atoms with van der Waals surface area (Å²) in [6.45, 7) is 1.60. The van der Waals surface area contributed by atoms with E-state index < -0.39 is 26.7 Å². The van der Waals surface area contributed by atoms with E-state index in [0.717, 1.165) is 25.7 Å². The van der Waals surface area contributed by atoms with Crippen molar-refractivity contribution >= 4 is 27.3 Å². The molecule has 1 aromatic carbocycles. The van der Waals surface area contributed by atoms with Gasteiger partial charge in [-0.2, -0.15) is 0 Å². The minimum absolute atomic E-state index is 0.127. The minimum atomic E-state index is -3.53. The van der Waals surface area contributed by atoms with Crippen LogP contribution in [-0.4, -0.2) is 26.1 Å². The number of carbonyl (C=O) groups is 1. The van der Waals surface area contributed by atoms with Crippen molar-refractivity contribution in [3.63, 3.8) is 0 Å². The van der Waals surface area contributed by atoms with Crippen LogP contribution in [0.25, 0.3) is 0 Å². The molecule has 0 aliphatic heterocycles. The highest BCUT2D eigenvalue weighted by atomic mass is 35.5. The summed E-state index contributed by atoms with van der Waals surface area (Å²) in [5, 5.41) is 2.69. The Bertz CT molecular complexity index is 607. The maximum Gasteiger partial charge on any atom is 0.235 e. The van der Waals surface area contributed by atoms with E-state index in [2.05, 4.69) is 5.32 Å². The van der Waals surface area contributed by atoms with Gasteiger partial charge in [-0.3, -0.25) is 4.79 Å². The van der Waals surface area contributed by atoms with Crippen molar-refractivity contribution in [3.8, 4) is 0 Å². The fraction of sp³-hybridized carbons (Fsp3) is 0.562. The van der Waals surface area contributed by atoms with E-state index >= 15 is 0 Å². The van der Waals surface area contributed by atoms with Crippen LogP contribution in [0.1, 0.15) is 49.8 Å². The maximum absolute atomic E-state index is 12.4. The van der Waals surface area contributed by atoms with Crippen LogP contribution in [-0.2, 0) is 14.6 Å². The first-order chi connectivity index (χ1) is 10.4. The Morgan fingerprint density at radius 2 is 1.82 bits per heavy atom. The first-order valence-corrected chi connectivity index (χ1v) is 9.74. The lowest BCUT2D eigenvalue weighted by Gasteiger charge is -2.23. The van der Waals surface area contributed by atoms with Gasteiger partial charge in [0.05, 0.1) is 5.25 Å². The minimum Gasteiger partial charge on any atom is -0.352 e. The van der Waals surface area contributed by atoms with Crippen molar-refractivity contribution in [2.24, 2.45) is 0 Å². The van der Waals surface area contributed by atoms with Crippen molar-refractivity contribution in [1.82, 2.24) is 5.32 Å². The normalized spacial score (nSPS) is 17.9. The van der Waals surface area contributed by atoms with Gasteiger partial charge < -0.3 is 5.32 Å². The zero-order valence-electron chi connectivity index (χ0n) is 12.7. The number of nitrogens with one attached hydrogen (secondary N) is 1. The van der Waals surface area contributed by atoms with Crippen molar-refractivity contribution in [3.05, 3.63) is 34.9 Å². The standard InChI is InChI=1S/C16H22ClNO3S/c1-12(13-7-9-14(17)10-8-13)22(20,21)11-16(19)18-15-5-3-2-4-6-15/h7-10,12,15H,2-6,11H2,1H3,(H,18,19). The lowest BCUT2D eigenvalue weighted by atomic mass is 9.95. The molecule has 1 N–H and O–H groups in total. The fourth-order valence-electron chi connectivity index (χ4n) is 2.77. The van der Waals surface area contributed by atoms with Gasteiger partial charge in [-0.1, -0.05) is 43.0 Å². The third-order valence-electron chi connectivity index (χ3n) is 4.18. The number of benzene rings is 1. The highest BCUT2D eigenvalue weighted by Gasteiger charge is 2.27. The molecule has 0 aromatic heterocycles. The van der Waals surface area contributed by atoms with Crippen LogP contribution < -0.4 is 5.32 Å². The van der Waals surface area contributed by atoms with Crippen LogP contribution in [0.5, 0.6) is 0 Å². The smallest absolute Gasteiger partial charge is 0.235 e. The summed E-state index contributed by atoms with van der Waals surface area (Å²) in [4.78, 5) is 12.0. The first kappa shape index (κ1) is 17.3. The molecule has 6 heteroatoms. The zero-order valence-corrected chi connectivity index (χ0v) is 14.3. The Balaban J connectivity index is 1.97. The van der Waals surface area contributed by atoms with Crippen LogP contribution in [0.2, 0.25) is 5.02 Å². The molecule has 1 atom stereocenters. The van der Waals surface area contributed by atoms with Gasteiger partial charge in [0.15, 0.2) is 9.84 Å². The molecule has 0 spiro atoms. The molecule has 122 valence electrons. The summed E-state index contributed by atoms with van der Waals surface area (Å²) < 4.78 is 24.7. The summed E-state index contributed by atoms with van der Waals surface area (Å²) in [5.41, 5.74) is 0.648. The highest BCUT2D eigenvalue weighted by molar-refractivity contribution is 7.92. The molecule has 0 saturated heterocycles. The SMILES string of the molecule is CC(c1ccc(Cl)cc1)S(=O)(=O)CC(=O)NC1CCCCC1. The van der Waals surface area contributed by atoms with Crippen LogP contribution in [0.4, 0.5) is 0 Å². The predicted molar refractivity (Wildman–Crippen MR) is 88.7 cm³/mol. The lowest BCUT2D eigenvalue weighted by Crippen LogP contribution is -2.40. The molecule has 22 heavy (non-hydrogen) atoms. The van der Waals surface area contributed by atoms with E-state index in [1.54, 1.807) is 31.2 Å². The second-order valence-corrected chi connectivity index (χ2v) is 8.66. The Kier molecular flexibility index (Phi) is 5.87. The number of carbonyl (C=O) groups excluding carboxylic acids is 1. The molecule has 1 unspecified atom stereocenters. The molecule has 1 saturated carbocycles. The number of sulfone groups is 1. The molecule has 1 aliphatic carbocycles. The van der Waals surface area contributed by atoms with Gasteiger partial charge in [-0.15, -0.1) is 0 Å². The highest BCUT2D eigenvalue weighted by Crippen LogP contribution is 2.24. The molecule has 1 amide bonds. The molecule has 1 aliphatic rings. The first-order valence-electron chi connectivity index (χ1n) is 7.65. The van der Waals surface area contributed by atoms with E-state index in [1.165, 1.54) is 6.42 Å². The predicted octanol–water partition coefficient (Wildman–Crippen LogP) is 3.26. The van der Waals surface area contributed by atoms with Gasteiger partial charge in [-0.05, 0) is 37.5 Å². The Labute approximate surface area is 137 Å². The van der Waals surface area contributed by atoms with E-state index in [0.29, 0.717) is 10.6 Å². The van der Waals surface area contributed by atoms with Gasteiger partial charge in [0.25, 0.3) is 0 Å². The summed E-state index contributed by atoms with van der Waals surface area (Å²) in [7, 11) is -3.53. The van der Waals surface area contributed by atoms with Crippen molar-refractivity contribution in [1.29, 1.82) is 0 Å². The quantitative estimate of drug-likeness (QED) is 0.892. The van der Waals surface area contributed by atoms with Crippen LogP contribution >= 0.6 is 11.6 Å². The zero-order chi connectivity index (χ0) is 16.2. The molecule has 0 bridgehead atoms. The fourth-order valence-corrected chi connectivity index (χ4v) is 4.16. The third-order valence-corrected chi connectivity index (χ3v) is 6.45. The van der Waals surface area contributed by atoms with Crippen LogP contribution in [0.15, 0.2) is 24.3 Å². The molecule has 4 nitrogen and oxygen atoms in total. The molecule has 1 fully saturated rings. The topological polar surface area (TPSA) is 63.2 Å². The maximum atomic E-state index is 12.4. The Morgan fingerprint density at radius 1 is 1.23 bits per heavy atom. The monoisotopic (exact) mass is 343 g/mol. The third kappa shape index (κ3) is 4.71. The number of halogens is 1. The molecule has 0 radical (unpaired) electrons. The second-order valence-electron chi connectivity index (χ2n) is 5.90. The van der Waals surface area contributed by atoms with Gasteiger partial charge in [0, 0.05) is 11.1 Å². The summed E-state index contributed by atoms with van der Waals surface area (Å²) in [5.74, 6) is -0.861. The molecule has 0 heterocycles.